The number of thioether (sulfide) groups is 1. The molecule has 0 aromatic carbocycles. The molecular weight excluding hydrogens is 294 g/mol. The van der Waals surface area contributed by atoms with Gasteiger partial charge in [0.2, 0.25) is 0 Å². The number of halogens is 1. The van der Waals surface area contributed by atoms with E-state index in [4.69, 9.17) is 11.6 Å². The molecule has 8 heteroatoms. The Morgan fingerprint density at radius 3 is 2.94 bits per heavy atom. The van der Waals surface area contributed by atoms with Gasteiger partial charge in [-0.05, 0) is 13.8 Å². The summed E-state index contributed by atoms with van der Waals surface area (Å²) in [4.78, 5) is 0. The number of H-pyrrole nitrogens is 1. The van der Waals surface area contributed by atoms with E-state index in [1.807, 2.05) is 6.92 Å². The summed E-state index contributed by atoms with van der Waals surface area (Å²) in [6.07, 6.45) is 0. The molecule has 0 aliphatic carbocycles. The van der Waals surface area contributed by atoms with Crippen LogP contribution in [0, 0.1) is 6.92 Å². The lowest BCUT2D eigenvalue weighted by molar-refractivity contribution is 0.366. The van der Waals surface area contributed by atoms with Crippen LogP contribution in [-0.2, 0) is 15.9 Å². The van der Waals surface area contributed by atoms with Gasteiger partial charge in [-0.2, -0.15) is 21.2 Å². The highest BCUT2D eigenvalue weighted by Crippen LogP contribution is 2.27. The van der Waals surface area contributed by atoms with E-state index in [2.05, 4.69) is 10.2 Å². The molecule has 0 bridgehead atoms. The first-order valence-electron chi connectivity index (χ1n) is 5.68. The average Bonchev–Trinajstić information content (AvgIpc) is 2.71. The van der Waals surface area contributed by atoms with E-state index in [1.54, 1.807) is 18.7 Å². The molecule has 0 radical (unpaired) electrons. The number of hydrogen-bond acceptors (Lipinski definition) is 4. The third-order valence-electron chi connectivity index (χ3n) is 3.03. The van der Waals surface area contributed by atoms with Gasteiger partial charge in [0.15, 0.2) is 5.03 Å². The monoisotopic (exact) mass is 309 g/mol. The largest absolute Gasteiger partial charge is 0.281 e. The Morgan fingerprint density at radius 1 is 1.61 bits per heavy atom. The van der Waals surface area contributed by atoms with Crippen LogP contribution in [-0.4, -0.2) is 47.0 Å². The number of aromatic nitrogens is 2. The van der Waals surface area contributed by atoms with Gasteiger partial charge in [0.25, 0.3) is 10.0 Å². The number of alkyl halides is 1. The summed E-state index contributed by atoms with van der Waals surface area (Å²) in [5, 5.41) is 6.70. The lowest BCUT2D eigenvalue weighted by Gasteiger charge is -2.31. The van der Waals surface area contributed by atoms with Crippen molar-refractivity contribution in [1.29, 1.82) is 0 Å². The molecule has 0 spiro atoms. The molecule has 1 atom stereocenters. The van der Waals surface area contributed by atoms with Gasteiger partial charge in [0.1, 0.15) is 0 Å². The quantitative estimate of drug-likeness (QED) is 0.861. The lowest BCUT2D eigenvalue weighted by atomic mass is 10.3. The van der Waals surface area contributed by atoms with E-state index in [1.165, 1.54) is 4.31 Å². The van der Waals surface area contributed by atoms with Gasteiger partial charge in [-0.1, -0.05) is 0 Å². The Kier molecular flexibility index (Phi) is 4.25. The van der Waals surface area contributed by atoms with Crippen molar-refractivity contribution in [1.82, 2.24) is 14.5 Å². The third-order valence-corrected chi connectivity index (χ3v) is 6.47. The Bertz CT molecular complexity index is 529. The summed E-state index contributed by atoms with van der Waals surface area (Å²) < 4.78 is 26.7. The van der Waals surface area contributed by atoms with Crippen LogP contribution in [0.4, 0.5) is 0 Å². The molecule has 1 N–H and O–H groups in total. The molecule has 1 aromatic rings. The zero-order valence-electron chi connectivity index (χ0n) is 10.3. The highest BCUT2D eigenvalue weighted by molar-refractivity contribution is 7.99. The summed E-state index contributed by atoms with van der Waals surface area (Å²) in [5.41, 5.74) is 1.28. The van der Waals surface area contributed by atoms with Crippen LogP contribution in [0.2, 0.25) is 0 Å². The van der Waals surface area contributed by atoms with Crippen molar-refractivity contribution in [2.24, 2.45) is 0 Å². The van der Waals surface area contributed by atoms with Crippen molar-refractivity contribution in [3.05, 3.63) is 11.3 Å². The Balaban J connectivity index is 2.41. The molecule has 1 saturated heterocycles. The number of rotatable bonds is 3. The topological polar surface area (TPSA) is 66.1 Å². The normalized spacial score (nSPS) is 22.3. The van der Waals surface area contributed by atoms with Crippen molar-refractivity contribution in [3.63, 3.8) is 0 Å². The maximum absolute atomic E-state index is 12.6. The van der Waals surface area contributed by atoms with Crippen molar-refractivity contribution < 1.29 is 8.42 Å². The van der Waals surface area contributed by atoms with Crippen LogP contribution in [0.5, 0.6) is 0 Å². The van der Waals surface area contributed by atoms with Crippen molar-refractivity contribution in [3.8, 4) is 0 Å². The summed E-state index contributed by atoms with van der Waals surface area (Å²) in [7, 11) is -3.54. The van der Waals surface area contributed by atoms with Crippen LogP contribution in [0.15, 0.2) is 5.03 Å². The van der Waals surface area contributed by atoms with Crippen molar-refractivity contribution in [2.45, 2.75) is 30.8 Å². The van der Waals surface area contributed by atoms with Crippen LogP contribution < -0.4 is 0 Å². The maximum atomic E-state index is 12.6. The van der Waals surface area contributed by atoms with Crippen LogP contribution >= 0.6 is 23.4 Å². The number of aromatic amines is 1. The minimum atomic E-state index is -3.54. The molecule has 1 aliphatic rings. The highest BCUT2D eigenvalue weighted by Gasteiger charge is 2.34. The van der Waals surface area contributed by atoms with Crippen molar-refractivity contribution >= 4 is 33.4 Å². The predicted molar refractivity (Wildman–Crippen MR) is 73.6 cm³/mol. The van der Waals surface area contributed by atoms with E-state index in [-0.39, 0.29) is 16.9 Å². The fraction of sp³-hybridized carbons (Fsp3) is 0.700. The number of nitrogens with zero attached hydrogens (tertiary/aromatic N) is 2. The molecule has 0 saturated carbocycles. The van der Waals surface area contributed by atoms with E-state index in [0.29, 0.717) is 17.8 Å². The molecule has 5 nitrogen and oxygen atoms in total. The van der Waals surface area contributed by atoms with Gasteiger partial charge in [-0.3, -0.25) is 5.10 Å². The maximum Gasteiger partial charge on any atom is 0.263 e. The smallest absolute Gasteiger partial charge is 0.263 e. The molecule has 2 heterocycles. The van der Waals surface area contributed by atoms with Gasteiger partial charge < -0.3 is 0 Å². The molecule has 1 unspecified atom stereocenters. The van der Waals surface area contributed by atoms with Gasteiger partial charge in [0.05, 0.1) is 5.88 Å². The summed E-state index contributed by atoms with van der Waals surface area (Å²) in [5.74, 6) is 1.79. The van der Waals surface area contributed by atoms with Crippen LogP contribution in [0.1, 0.15) is 18.2 Å². The molecular formula is C10H16ClN3O2S2. The molecule has 2 rings (SSSR count). The number of hydrogen-bond donors (Lipinski definition) is 1. The van der Waals surface area contributed by atoms with Crippen molar-refractivity contribution in [2.75, 3.05) is 18.1 Å². The number of nitrogens with one attached hydrogen (secondary N) is 1. The van der Waals surface area contributed by atoms with Gasteiger partial charge in [0, 0.05) is 35.3 Å². The molecule has 0 amide bonds. The Hall–Kier alpha value is -0.240. The predicted octanol–water partition coefficient (Wildman–Crippen LogP) is 1.58. The second-order valence-corrected chi connectivity index (χ2v) is 7.53. The Morgan fingerprint density at radius 2 is 2.33 bits per heavy atom. The first kappa shape index (κ1) is 14.2. The van der Waals surface area contributed by atoms with Gasteiger partial charge in [-0.25, -0.2) is 8.42 Å². The first-order chi connectivity index (χ1) is 8.48. The molecule has 1 fully saturated rings. The van der Waals surface area contributed by atoms with E-state index in [0.717, 1.165) is 11.5 Å². The van der Waals surface area contributed by atoms with E-state index >= 15 is 0 Å². The minimum absolute atomic E-state index is 0.00562. The lowest BCUT2D eigenvalue weighted by Crippen LogP contribution is -2.44. The molecule has 102 valence electrons. The molecule has 18 heavy (non-hydrogen) atoms. The SMILES string of the molecule is Cc1[nH]nc(S(=O)(=O)N2CCSCC2C)c1CCl. The van der Waals surface area contributed by atoms with Crippen LogP contribution in [0.3, 0.4) is 0 Å². The van der Waals surface area contributed by atoms with Crippen LogP contribution in [0.25, 0.3) is 0 Å². The van der Waals surface area contributed by atoms with Gasteiger partial charge in [-0.15, -0.1) is 11.6 Å². The second-order valence-electron chi connectivity index (χ2n) is 4.31. The summed E-state index contributed by atoms with van der Waals surface area (Å²) >= 11 is 7.59. The fourth-order valence-electron chi connectivity index (χ4n) is 1.98. The third kappa shape index (κ3) is 2.41. The number of sulfonamides is 1. The minimum Gasteiger partial charge on any atom is -0.281 e. The van der Waals surface area contributed by atoms with Gasteiger partial charge >= 0.3 is 0 Å². The second kappa shape index (κ2) is 5.40. The molecule has 1 aliphatic heterocycles. The first-order valence-corrected chi connectivity index (χ1v) is 8.80. The standard InChI is InChI=1S/C10H16ClN3O2S2/c1-7-6-17-4-3-14(7)18(15,16)10-9(5-11)8(2)12-13-10/h7H,3-6H2,1-2H3,(H,12,13). The number of aryl methyl sites for hydroxylation is 1. The zero-order chi connectivity index (χ0) is 13.3. The average molecular weight is 310 g/mol. The van der Waals surface area contributed by atoms with E-state index in [9.17, 15) is 8.42 Å². The van der Waals surface area contributed by atoms with E-state index < -0.39 is 10.0 Å². The zero-order valence-corrected chi connectivity index (χ0v) is 12.7. The Labute approximate surface area is 116 Å². The highest BCUT2D eigenvalue weighted by atomic mass is 35.5. The fourth-order valence-corrected chi connectivity index (χ4v) is 5.41. The summed E-state index contributed by atoms with van der Waals surface area (Å²) in [6, 6.07) is -0.00562. The molecule has 1 aromatic heterocycles. The summed E-state index contributed by atoms with van der Waals surface area (Å²) in [6.45, 7) is 4.23.